The second kappa shape index (κ2) is 2.40. The highest BCUT2D eigenvalue weighted by Crippen LogP contribution is 2.19. The molecule has 47 valence electrons. The van der Waals surface area contributed by atoms with E-state index in [1.165, 1.54) is 0 Å². The van der Waals surface area contributed by atoms with E-state index in [1.54, 1.807) is 0 Å². The first-order chi connectivity index (χ1) is 4.20. The largest absolute Gasteiger partial charge is 0.398 e. The van der Waals surface area contributed by atoms with Crippen LogP contribution in [-0.2, 0) is 0 Å². The summed E-state index contributed by atoms with van der Waals surface area (Å²) in [5.41, 5.74) is 7.23. The zero-order chi connectivity index (χ0) is 6.85. The van der Waals surface area contributed by atoms with Crippen LogP contribution >= 0.6 is 15.9 Å². The monoisotopic (exact) mass is 184 g/mol. The molecule has 0 aliphatic heterocycles. The van der Waals surface area contributed by atoms with Gasteiger partial charge in [0.1, 0.15) is 0 Å². The lowest BCUT2D eigenvalue weighted by Crippen LogP contribution is -1.85. The lowest BCUT2D eigenvalue weighted by molar-refractivity contribution is 1.57. The number of hydrogen-bond acceptors (Lipinski definition) is 1. The summed E-state index contributed by atoms with van der Waals surface area (Å²) in [7, 11) is 0. The molecule has 0 amide bonds. The standard InChI is InChI=1S/C7H7BrN/c1-5-2-3-7(9)6(8)4-5/h2-4H,1,9H2. The summed E-state index contributed by atoms with van der Waals surface area (Å²) in [6, 6.07) is 5.59. The first kappa shape index (κ1) is 6.62. The molecule has 0 saturated heterocycles. The van der Waals surface area contributed by atoms with Crippen molar-refractivity contribution in [3.63, 3.8) is 0 Å². The van der Waals surface area contributed by atoms with Gasteiger partial charge in [0.05, 0.1) is 0 Å². The maximum atomic E-state index is 5.51. The van der Waals surface area contributed by atoms with Gasteiger partial charge < -0.3 is 5.73 Å². The zero-order valence-corrected chi connectivity index (χ0v) is 6.48. The summed E-state index contributed by atoms with van der Waals surface area (Å²) in [6.07, 6.45) is 0. The smallest absolute Gasteiger partial charge is 0.0458 e. The van der Waals surface area contributed by atoms with E-state index in [4.69, 9.17) is 5.73 Å². The predicted octanol–water partition coefficient (Wildman–Crippen LogP) is 2.21. The Balaban J connectivity index is 3.17. The van der Waals surface area contributed by atoms with Crippen LogP contribution in [0, 0.1) is 6.92 Å². The van der Waals surface area contributed by atoms with E-state index in [0.717, 1.165) is 15.7 Å². The molecule has 1 radical (unpaired) electrons. The topological polar surface area (TPSA) is 26.0 Å². The first-order valence-corrected chi connectivity index (χ1v) is 3.36. The molecule has 0 atom stereocenters. The third-order valence-corrected chi connectivity index (χ3v) is 1.75. The van der Waals surface area contributed by atoms with E-state index in [1.807, 2.05) is 18.2 Å². The number of nitrogen functional groups attached to an aromatic ring is 1. The molecule has 1 nitrogen and oxygen atoms in total. The highest BCUT2D eigenvalue weighted by Gasteiger charge is 1.91. The molecule has 1 aromatic carbocycles. The number of rotatable bonds is 0. The maximum absolute atomic E-state index is 5.51. The summed E-state index contributed by atoms with van der Waals surface area (Å²) < 4.78 is 0.912. The van der Waals surface area contributed by atoms with E-state index in [9.17, 15) is 0 Å². The third kappa shape index (κ3) is 1.45. The van der Waals surface area contributed by atoms with Gasteiger partial charge in [-0.25, -0.2) is 0 Å². The molecule has 1 rings (SSSR count). The van der Waals surface area contributed by atoms with E-state index in [0.29, 0.717) is 0 Å². The molecule has 2 N–H and O–H groups in total. The van der Waals surface area contributed by atoms with Gasteiger partial charge in [0.15, 0.2) is 0 Å². The van der Waals surface area contributed by atoms with Gasteiger partial charge >= 0.3 is 0 Å². The number of hydrogen-bond donors (Lipinski definition) is 1. The fourth-order valence-corrected chi connectivity index (χ4v) is 0.997. The van der Waals surface area contributed by atoms with Crippen molar-refractivity contribution in [2.45, 2.75) is 0 Å². The van der Waals surface area contributed by atoms with E-state index in [2.05, 4.69) is 22.9 Å². The summed E-state index contributed by atoms with van der Waals surface area (Å²) in [5, 5.41) is 0. The molecule has 1 aromatic rings. The second-order valence-electron chi connectivity index (χ2n) is 1.86. The molecule has 0 unspecified atom stereocenters. The van der Waals surface area contributed by atoms with Gasteiger partial charge in [0, 0.05) is 10.2 Å². The van der Waals surface area contributed by atoms with Gasteiger partial charge in [-0.05, 0) is 40.5 Å². The fraction of sp³-hybridized carbons (Fsp3) is 0. The minimum Gasteiger partial charge on any atom is -0.398 e. The highest BCUT2D eigenvalue weighted by atomic mass is 79.9. The van der Waals surface area contributed by atoms with Crippen molar-refractivity contribution in [1.82, 2.24) is 0 Å². The van der Waals surface area contributed by atoms with Crippen molar-refractivity contribution in [3.05, 3.63) is 35.2 Å². The number of anilines is 1. The van der Waals surface area contributed by atoms with Crippen LogP contribution < -0.4 is 5.73 Å². The van der Waals surface area contributed by atoms with Crippen molar-refractivity contribution in [3.8, 4) is 0 Å². The Morgan fingerprint density at radius 3 is 2.56 bits per heavy atom. The molecule has 0 saturated carbocycles. The quantitative estimate of drug-likeness (QED) is 0.616. The average molecular weight is 185 g/mol. The Morgan fingerprint density at radius 1 is 1.44 bits per heavy atom. The molecule has 0 spiro atoms. The Bertz CT molecular complexity index is 220. The van der Waals surface area contributed by atoms with Crippen molar-refractivity contribution >= 4 is 21.6 Å². The minimum absolute atomic E-state index is 0.752. The van der Waals surface area contributed by atoms with Crippen molar-refractivity contribution < 1.29 is 0 Å². The Kier molecular flexibility index (Phi) is 1.76. The van der Waals surface area contributed by atoms with Crippen LogP contribution in [-0.4, -0.2) is 0 Å². The van der Waals surface area contributed by atoms with Gasteiger partial charge in [0.2, 0.25) is 0 Å². The van der Waals surface area contributed by atoms with Crippen LogP contribution in [0.15, 0.2) is 22.7 Å². The molecule has 0 aliphatic carbocycles. The van der Waals surface area contributed by atoms with E-state index >= 15 is 0 Å². The van der Waals surface area contributed by atoms with Crippen LogP contribution in [0.3, 0.4) is 0 Å². The molecule has 0 heterocycles. The lowest BCUT2D eigenvalue weighted by Gasteiger charge is -1.96. The fourth-order valence-electron chi connectivity index (χ4n) is 0.571. The Morgan fingerprint density at radius 2 is 2.11 bits per heavy atom. The van der Waals surface area contributed by atoms with E-state index < -0.39 is 0 Å². The van der Waals surface area contributed by atoms with Crippen molar-refractivity contribution in [2.24, 2.45) is 0 Å². The highest BCUT2D eigenvalue weighted by molar-refractivity contribution is 9.10. The SMILES string of the molecule is [CH2]c1ccc(N)c(Br)c1. The summed E-state index contributed by atoms with van der Waals surface area (Å²) in [4.78, 5) is 0. The summed E-state index contributed by atoms with van der Waals surface area (Å²) >= 11 is 3.28. The minimum atomic E-state index is 0.752. The number of benzene rings is 1. The van der Waals surface area contributed by atoms with Gasteiger partial charge in [-0.15, -0.1) is 0 Å². The molecule has 9 heavy (non-hydrogen) atoms. The molecular formula is C7H7BrN. The van der Waals surface area contributed by atoms with Gasteiger partial charge in [-0.3, -0.25) is 0 Å². The lowest BCUT2D eigenvalue weighted by atomic mass is 10.2. The summed E-state index contributed by atoms with van der Waals surface area (Å²) in [5.74, 6) is 0. The molecular weight excluding hydrogens is 178 g/mol. The van der Waals surface area contributed by atoms with Crippen LogP contribution in [0.4, 0.5) is 5.69 Å². The Labute approximate surface area is 63.0 Å². The third-order valence-electron chi connectivity index (χ3n) is 1.06. The molecule has 0 fully saturated rings. The van der Waals surface area contributed by atoms with Crippen molar-refractivity contribution in [1.29, 1.82) is 0 Å². The van der Waals surface area contributed by atoms with Crippen LogP contribution in [0.2, 0.25) is 0 Å². The predicted molar refractivity (Wildman–Crippen MR) is 43.0 cm³/mol. The van der Waals surface area contributed by atoms with Gasteiger partial charge in [-0.2, -0.15) is 0 Å². The van der Waals surface area contributed by atoms with Crippen LogP contribution in [0.1, 0.15) is 5.56 Å². The first-order valence-electron chi connectivity index (χ1n) is 2.57. The number of nitrogens with two attached hydrogens (primary N) is 1. The Hall–Kier alpha value is -0.500. The average Bonchev–Trinajstić information content (AvgIpc) is 1.80. The number of halogens is 1. The normalized spacial score (nSPS) is 9.56. The van der Waals surface area contributed by atoms with E-state index in [-0.39, 0.29) is 0 Å². The second-order valence-corrected chi connectivity index (χ2v) is 2.71. The molecule has 0 aliphatic rings. The molecule has 0 bridgehead atoms. The summed E-state index contributed by atoms with van der Waals surface area (Å²) in [6.45, 7) is 3.74. The van der Waals surface area contributed by atoms with Gasteiger partial charge in [-0.1, -0.05) is 6.07 Å². The zero-order valence-electron chi connectivity index (χ0n) is 4.89. The maximum Gasteiger partial charge on any atom is 0.0458 e. The van der Waals surface area contributed by atoms with Crippen LogP contribution in [0.5, 0.6) is 0 Å². The molecule has 0 aromatic heterocycles. The van der Waals surface area contributed by atoms with Crippen molar-refractivity contribution in [2.75, 3.05) is 5.73 Å². The molecule has 2 heteroatoms. The van der Waals surface area contributed by atoms with Gasteiger partial charge in [0.25, 0.3) is 0 Å². The van der Waals surface area contributed by atoms with Crippen LogP contribution in [0.25, 0.3) is 0 Å².